The highest BCUT2D eigenvalue weighted by atomic mass is 16.5. The summed E-state index contributed by atoms with van der Waals surface area (Å²) in [5.41, 5.74) is 1.54. The quantitative estimate of drug-likeness (QED) is 0.841. The van der Waals surface area contributed by atoms with Crippen molar-refractivity contribution >= 4 is 5.91 Å². The Labute approximate surface area is 125 Å². The third kappa shape index (κ3) is 2.46. The SMILES string of the molecule is CCn1nc(C)cc1C(=O)N1C[C@H](OC)[C@@H]2OCCC[C@@H]21. The van der Waals surface area contributed by atoms with E-state index in [1.165, 1.54) is 0 Å². The van der Waals surface area contributed by atoms with Crippen LogP contribution in [-0.2, 0) is 16.0 Å². The molecule has 0 spiro atoms. The second-order valence-corrected chi connectivity index (χ2v) is 5.76. The number of fused-ring (bicyclic) bond motifs is 1. The summed E-state index contributed by atoms with van der Waals surface area (Å²) in [5.74, 6) is 0.0394. The Morgan fingerprint density at radius 1 is 1.57 bits per heavy atom. The lowest BCUT2D eigenvalue weighted by Crippen LogP contribution is -2.44. The fraction of sp³-hybridized carbons (Fsp3) is 0.733. The summed E-state index contributed by atoms with van der Waals surface area (Å²) < 4.78 is 13.1. The van der Waals surface area contributed by atoms with Crippen molar-refractivity contribution in [3.05, 3.63) is 17.5 Å². The molecule has 1 aromatic heterocycles. The molecule has 2 aliphatic heterocycles. The fourth-order valence-electron chi connectivity index (χ4n) is 3.46. The highest BCUT2D eigenvalue weighted by molar-refractivity contribution is 5.93. The van der Waals surface area contributed by atoms with E-state index in [9.17, 15) is 4.79 Å². The van der Waals surface area contributed by atoms with Crippen LogP contribution in [0.15, 0.2) is 6.07 Å². The largest absolute Gasteiger partial charge is 0.377 e. The molecule has 0 aliphatic carbocycles. The molecular formula is C15H23N3O3. The predicted molar refractivity (Wildman–Crippen MR) is 77.2 cm³/mol. The first-order valence-corrected chi connectivity index (χ1v) is 7.65. The summed E-state index contributed by atoms with van der Waals surface area (Å²) in [7, 11) is 1.69. The molecular weight excluding hydrogens is 270 g/mol. The Morgan fingerprint density at radius 3 is 3.10 bits per heavy atom. The summed E-state index contributed by atoms with van der Waals surface area (Å²) in [4.78, 5) is 14.8. The summed E-state index contributed by atoms with van der Waals surface area (Å²) in [6.45, 7) is 5.96. The van der Waals surface area contributed by atoms with Crippen LogP contribution in [0.2, 0.25) is 0 Å². The lowest BCUT2D eigenvalue weighted by molar-refractivity contribution is -0.0639. The number of carbonyl (C=O) groups is 1. The van der Waals surface area contributed by atoms with E-state index in [0.717, 1.165) is 25.1 Å². The number of aryl methyl sites for hydroxylation is 2. The fourth-order valence-corrected chi connectivity index (χ4v) is 3.46. The van der Waals surface area contributed by atoms with Gasteiger partial charge in [0.15, 0.2) is 0 Å². The standard InChI is InChI=1S/C15H23N3O3/c1-4-18-12(8-10(2)16-18)15(19)17-9-13(20-3)14-11(17)6-5-7-21-14/h8,11,13-14H,4-7,9H2,1-3H3/t11-,13-,14+/m0/s1. The van der Waals surface area contributed by atoms with E-state index in [1.807, 2.05) is 24.8 Å². The molecule has 3 atom stereocenters. The van der Waals surface area contributed by atoms with Crippen LogP contribution in [0.25, 0.3) is 0 Å². The molecule has 6 heteroatoms. The second-order valence-electron chi connectivity index (χ2n) is 5.76. The summed E-state index contributed by atoms with van der Waals surface area (Å²) >= 11 is 0. The van der Waals surface area contributed by atoms with Gasteiger partial charge < -0.3 is 14.4 Å². The lowest BCUT2D eigenvalue weighted by atomic mass is 10.0. The van der Waals surface area contributed by atoms with E-state index in [1.54, 1.807) is 11.8 Å². The zero-order valence-electron chi connectivity index (χ0n) is 12.9. The molecule has 2 aliphatic rings. The number of hydrogen-bond donors (Lipinski definition) is 0. The first kappa shape index (κ1) is 14.5. The molecule has 0 bridgehead atoms. The minimum atomic E-state index is -0.0293. The van der Waals surface area contributed by atoms with Crippen molar-refractivity contribution in [2.45, 2.75) is 51.5 Å². The van der Waals surface area contributed by atoms with Gasteiger partial charge in [-0.05, 0) is 32.8 Å². The van der Waals surface area contributed by atoms with Gasteiger partial charge in [-0.2, -0.15) is 5.10 Å². The molecule has 0 unspecified atom stereocenters. The van der Waals surface area contributed by atoms with Crippen LogP contribution >= 0.6 is 0 Å². The summed E-state index contributed by atoms with van der Waals surface area (Å²) in [6.07, 6.45) is 1.95. The Hall–Kier alpha value is -1.40. The van der Waals surface area contributed by atoms with Gasteiger partial charge in [0.2, 0.25) is 0 Å². The van der Waals surface area contributed by atoms with E-state index in [-0.39, 0.29) is 24.2 Å². The number of hydrogen-bond acceptors (Lipinski definition) is 4. The van der Waals surface area contributed by atoms with Crippen LogP contribution in [0.3, 0.4) is 0 Å². The highest BCUT2D eigenvalue weighted by Gasteiger charge is 2.46. The van der Waals surface area contributed by atoms with E-state index in [2.05, 4.69) is 5.10 Å². The minimum Gasteiger partial charge on any atom is -0.377 e. The van der Waals surface area contributed by atoms with Gasteiger partial charge in [-0.3, -0.25) is 9.48 Å². The van der Waals surface area contributed by atoms with Crippen molar-refractivity contribution in [3.63, 3.8) is 0 Å². The van der Waals surface area contributed by atoms with Gasteiger partial charge in [-0.1, -0.05) is 0 Å². The molecule has 0 radical (unpaired) electrons. The van der Waals surface area contributed by atoms with Gasteiger partial charge in [-0.15, -0.1) is 0 Å². The number of likely N-dealkylation sites (tertiary alicyclic amines) is 1. The maximum Gasteiger partial charge on any atom is 0.272 e. The minimum absolute atomic E-state index is 0.00629. The van der Waals surface area contributed by atoms with Crippen LogP contribution in [0.4, 0.5) is 0 Å². The van der Waals surface area contributed by atoms with Gasteiger partial charge in [0.05, 0.1) is 18.3 Å². The normalized spacial score (nSPS) is 28.7. The van der Waals surface area contributed by atoms with E-state index >= 15 is 0 Å². The van der Waals surface area contributed by atoms with Crippen LogP contribution in [0.5, 0.6) is 0 Å². The smallest absolute Gasteiger partial charge is 0.272 e. The number of methoxy groups -OCH3 is 1. The average molecular weight is 293 g/mol. The van der Waals surface area contributed by atoms with Gasteiger partial charge in [0.1, 0.15) is 17.9 Å². The van der Waals surface area contributed by atoms with E-state index < -0.39 is 0 Å². The molecule has 2 fully saturated rings. The van der Waals surface area contributed by atoms with E-state index in [0.29, 0.717) is 18.8 Å². The van der Waals surface area contributed by atoms with Crippen molar-refractivity contribution in [3.8, 4) is 0 Å². The van der Waals surface area contributed by atoms with Crippen LogP contribution in [0, 0.1) is 6.92 Å². The maximum atomic E-state index is 12.9. The molecule has 6 nitrogen and oxygen atoms in total. The third-order valence-electron chi connectivity index (χ3n) is 4.46. The van der Waals surface area contributed by atoms with Crippen molar-refractivity contribution in [2.24, 2.45) is 0 Å². The zero-order valence-corrected chi connectivity index (χ0v) is 12.9. The first-order chi connectivity index (χ1) is 10.2. The van der Waals surface area contributed by atoms with Crippen molar-refractivity contribution in [2.75, 3.05) is 20.3 Å². The topological polar surface area (TPSA) is 56.6 Å². The molecule has 21 heavy (non-hydrogen) atoms. The van der Waals surface area contributed by atoms with Crippen LogP contribution < -0.4 is 0 Å². The number of rotatable bonds is 3. The maximum absolute atomic E-state index is 12.9. The molecule has 3 rings (SSSR count). The highest BCUT2D eigenvalue weighted by Crippen LogP contribution is 2.31. The van der Waals surface area contributed by atoms with Gasteiger partial charge in [0.25, 0.3) is 5.91 Å². The molecule has 0 saturated carbocycles. The number of ether oxygens (including phenoxy) is 2. The van der Waals surface area contributed by atoms with E-state index in [4.69, 9.17) is 9.47 Å². The summed E-state index contributed by atoms with van der Waals surface area (Å²) in [6, 6.07) is 1.99. The number of carbonyl (C=O) groups excluding carboxylic acids is 1. The monoisotopic (exact) mass is 293 g/mol. The van der Waals surface area contributed by atoms with Crippen molar-refractivity contribution in [1.29, 1.82) is 0 Å². The number of aromatic nitrogens is 2. The van der Waals surface area contributed by atoms with Crippen LogP contribution in [-0.4, -0.2) is 59.1 Å². The van der Waals surface area contributed by atoms with Gasteiger partial charge in [0, 0.05) is 20.3 Å². The molecule has 0 N–H and O–H groups in total. The average Bonchev–Trinajstić information content (AvgIpc) is 3.07. The Balaban J connectivity index is 1.86. The first-order valence-electron chi connectivity index (χ1n) is 7.65. The predicted octanol–water partition coefficient (Wildman–Crippen LogP) is 1.23. The lowest BCUT2D eigenvalue weighted by Gasteiger charge is -2.32. The molecule has 2 saturated heterocycles. The third-order valence-corrected chi connectivity index (χ3v) is 4.46. The van der Waals surface area contributed by atoms with Crippen molar-refractivity contribution in [1.82, 2.24) is 14.7 Å². The van der Waals surface area contributed by atoms with Gasteiger partial charge in [-0.25, -0.2) is 0 Å². The molecule has 3 heterocycles. The Kier molecular flexibility index (Phi) is 3.99. The Bertz CT molecular complexity index is 528. The zero-order chi connectivity index (χ0) is 15.0. The van der Waals surface area contributed by atoms with Crippen molar-refractivity contribution < 1.29 is 14.3 Å². The molecule has 1 aromatic rings. The Morgan fingerprint density at radius 2 is 2.38 bits per heavy atom. The second kappa shape index (κ2) is 5.77. The molecule has 116 valence electrons. The molecule has 0 aromatic carbocycles. The number of nitrogens with zero attached hydrogens (tertiary/aromatic N) is 3. The van der Waals surface area contributed by atoms with Gasteiger partial charge >= 0.3 is 0 Å². The molecule has 1 amide bonds. The summed E-state index contributed by atoms with van der Waals surface area (Å²) in [5, 5.41) is 4.37. The van der Waals surface area contributed by atoms with Crippen LogP contribution in [0.1, 0.15) is 35.9 Å². The number of amides is 1.